The van der Waals surface area contributed by atoms with Gasteiger partial charge in [0.05, 0.1) is 17.6 Å². The molecule has 0 amide bonds. The number of para-hydroxylation sites is 2. The highest BCUT2D eigenvalue weighted by atomic mass is 15.1. The summed E-state index contributed by atoms with van der Waals surface area (Å²) in [7, 11) is 1.95. The van der Waals surface area contributed by atoms with Gasteiger partial charge in [-0.15, -0.1) is 0 Å². The Morgan fingerprint density at radius 1 is 1.25 bits per heavy atom. The average molecular weight is 217 g/mol. The number of benzene rings is 1. The van der Waals surface area contributed by atoms with Gasteiger partial charge in [0.25, 0.3) is 0 Å². The number of imidazole rings is 1. The van der Waals surface area contributed by atoms with Crippen LogP contribution in [-0.2, 0) is 12.1 Å². The number of nitrogens with one attached hydrogen (secondary N) is 1. The number of hydrogen-bond acceptors (Lipinski definition) is 2. The van der Waals surface area contributed by atoms with Gasteiger partial charge < -0.3 is 9.88 Å². The minimum atomic E-state index is 0.0578. The highest BCUT2D eigenvalue weighted by Gasteiger charge is 2.20. The number of rotatable bonds is 2. The van der Waals surface area contributed by atoms with Crippen molar-refractivity contribution in [1.82, 2.24) is 14.9 Å². The van der Waals surface area contributed by atoms with Crippen molar-refractivity contribution in [2.75, 3.05) is 7.05 Å². The van der Waals surface area contributed by atoms with Crippen LogP contribution in [-0.4, -0.2) is 16.6 Å². The Hall–Kier alpha value is -1.35. The normalized spacial score (nSPS) is 12.2. The van der Waals surface area contributed by atoms with E-state index in [0.29, 0.717) is 0 Å². The van der Waals surface area contributed by atoms with Gasteiger partial charge in [0.2, 0.25) is 0 Å². The number of nitrogens with zero attached hydrogens (tertiary/aromatic N) is 2. The summed E-state index contributed by atoms with van der Waals surface area (Å²) in [6.07, 6.45) is 0. The highest BCUT2D eigenvalue weighted by molar-refractivity contribution is 5.76. The quantitative estimate of drug-likeness (QED) is 0.837. The molecule has 0 radical (unpaired) electrons. The van der Waals surface area contributed by atoms with E-state index in [2.05, 4.69) is 53.8 Å². The zero-order valence-corrected chi connectivity index (χ0v) is 10.4. The van der Waals surface area contributed by atoms with Gasteiger partial charge in [0, 0.05) is 5.54 Å². The van der Waals surface area contributed by atoms with Gasteiger partial charge >= 0.3 is 0 Å². The summed E-state index contributed by atoms with van der Waals surface area (Å²) in [6.45, 7) is 7.42. The predicted molar refractivity (Wildman–Crippen MR) is 67.5 cm³/mol. The van der Waals surface area contributed by atoms with Crippen molar-refractivity contribution in [2.45, 2.75) is 32.9 Å². The molecule has 1 aromatic carbocycles. The molecule has 0 saturated heterocycles. The second-order valence-corrected chi connectivity index (χ2v) is 5.05. The predicted octanol–water partition coefficient (Wildman–Crippen LogP) is 2.51. The van der Waals surface area contributed by atoms with Crippen LogP contribution in [0.4, 0.5) is 0 Å². The minimum absolute atomic E-state index is 0.0578. The van der Waals surface area contributed by atoms with Crippen LogP contribution in [0.3, 0.4) is 0 Å². The number of aromatic nitrogens is 2. The maximum atomic E-state index is 4.67. The highest BCUT2D eigenvalue weighted by Crippen LogP contribution is 2.24. The third kappa shape index (κ3) is 1.83. The lowest BCUT2D eigenvalue weighted by molar-refractivity contribution is 0.391. The maximum absolute atomic E-state index is 4.67. The summed E-state index contributed by atoms with van der Waals surface area (Å²) in [5, 5.41) is 3.17. The van der Waals surface area contributed by atoms with Crippen LogP contribution >= 0.6 is 0 Å². The Morgan fingerprint density at radius 2 is 1.94 bits per heavy atom. The lowest BCUT2D eigenvalue weighted by Crippen LogP contribution is -2.26. The van der Waals surface area contributed by atoms with E-state index < -0.39 is 0 Å². The molecule has 0 saturated carbocycles. The second-order valence-electron chi connectivity index (χ2n) is 5.05. The Labute approximate surface area is 96.5 Å². The Kier molecular flexibility index (Phi) is 2.72. The molecule has 86 valence electrons. The van der Waals surface area contributed by atoms with Crippen LogP contribution in [0.2, 0.25) is 0 Å². The van der Waals surface area contributed by atoms with Gasteiger partial charge in [-0.05, 0) is 40.0 Å². The van der Waals surface area contributed by atoms with E-state index in [9.17, 15) is 0 Å². The molecule has 0 aliphatic carbocycles. The van der Waals surface area contributed by atoms with Gasteiger partial charge in [0.1, 0.15) is 5.82 Å². The molecule has 2 aromatic rings. The Balaban J connectivity index is 2.69. The average Bonchev–Trinajstić information content (AvgIpc) is 2.55. The second kappa shape index (κ2) is 3.91. The summed E-state index contributed by atoms with van der Waals surface area (Å²) in [5.41, 5.74) is 2.34. The lowest BCUT2D eigenvalue weighted by Gasteiger charge is -2.24. The third-order valence-corrected chi connectivity index (χ3v) is 2.64. The van der Waals surface area contributed by atoms with E-state index in [-0.39, 0.29) is 5.54 Å². The topological polar surface area (TPSA) is 29.9 Å². The van der Waals surface area contributed by atoms with Crippen molar-refractivity contribution in [3.05, 3.63) is 30.1 Å². The molecule has 0 aliphatic rings. The minimum Gasteiger partial charge on any atom is -0.322 e. The van der Waals surface area contributed by atoms with E-state index in [1.54, 1.807) is 0 Å². The fourth-order valence-electron chi connectivity index (χ4n) is 2.10. The first kappa shape index (κ1) is 11.1. The van der Waals surface area contributed by atoms with E-state index >= 15 is 0 Å². The van der Waals surface area contributed by atoms with Crippen molar-refractivity contribution < 1.29 is 0 Å². The van der Waals surface area contributed by atoms with Gasteiger partial charge in [0.15, 0.2) is 0 Å². The summed E-state index contributed by atoms with van der Waals surface area (Å²) in [4.78, 5) is 4.67. The largest absolute Gasteiger partial charge is 0.322 e. The van der Waals surface area contributed by atoms with Crippen molar-refractivity contribution in [1.29, 1.82) is 0 Å². The Bertz CT molecular complexity index is 491. The molecule has 0 fully saturated rings. The molecular weight excluding hydrogens is 198 g/mol. The van der Waals surface area contributed by atoms with Crippen molar-refractivity contribution in [3.8, 4) is 0 Å². The van der Waals surface area contributed by atoms with Crippen LogP contribution < -0.4 is 5.32 Å². The zero-order chi connectivity index (χ0) is 11.8. The number of fused-ring (bicyclic) bond motifs is 1. The molecule has 2 rings (SSSR count). The van der Waals surface area contributed by atoms with Crippen LogP contribution in [0, 0.1) is 0 Å². The molecule has 3 heteroatoms. The summed E-state index contributed by atoms with van der Waals surface area (Å²) < 4.78 is 2.30. The molecule has 3 nitrogen and oxygen atoms in total. The molecule has 1 heterocycles. The van der Waals surface area contributed by atoms with Gasteiger partial charge in [-0.3, -0.25) is 0 Å². The first-order chi connectivity index (χ1) is 7.54. The molecule has 0 atom stereocenters. The smallest absolute Gasteiger partial charge is 0.124 e. The van der Waals surface area contributed by atoms with E-state index in [4.69, 9.17) is 0 Å². The van der Waals surface area contributed by atoms with Gasteiger partial charge in [-0.1, -0.05) is 12.1 Å². The molecule has 1 N–H and O–H groups in total. The molecule has 0 aliphatic heterocycles. The van der Waals surface area contributed by atoms with Gasteiger partial charge in [-0.25, -0.2) is 4.98 Å². The molecular formula is C13H19N3. The van der Waals surface area contributed by atoms with Crippen LogP contribution in [0.5, 0.6) is 0 Å². The third-order valence-electron chi connectivity index (χ3n) is 2.64. The summed E-state index contributed by atoms with van der Waals surface area (Å²) in [6, 6.07) is 8.30. The zero-order valence-electron chi connectivity index (χ0n) is 10.4. The first-order valence-corrected chi connectivity index (χ1v) is 5.65. The molecule has 16 heavy (non-hydrogen) atoms. The fourth-order valence-corrected chi connectivity index (χ4v) is 2.10. The maximum Gasteiger partial charge on any atom is 0.124 e. The fraction of sp³-hybridized carbons (Fsp3) is 0.462. The van der Waals surface area contributed by atoms with Crippen molar-refractivity contribution >= 4 is 11.0 Å². The van der Waals surface area contributed by atoms with Crippen LogP contribution in [0.1, 0.15) is 26.6 Å². The van der Waals surface area contributed by atoms with E-state index in [0.717, 1.165) is 17.9 Å². The molecule has 0 unspecified atom stereocenters. The first-order valence-electron chi connectivity index (χ1n) is 5.65. The SMILES string of the molecule is CNCc1nc2ccccc2n1C(C)(C)C. The Morgan fingerprint density at radius 3 is 2.56 bits per heavy atom. The summed E-state index contributed by atoms with van der Waals surface area (Å²) in [5.74, 6) is 1.09. The molecule has 0 spiro atoms. The molecule has 1 aromatic heterocycles. The monoisotopic (exact) mass is 217 g/mol. The lowest BCUT2D eigenvalue weighted by atomic mass is 10.1. The van der Waals surface area contributed by atoms with E-state index in [1.165, 1.54) is 5.52 Å². The number of hydrogen-bond donors (Lipinski definition) is 1. The standard InChI is InChI=1S/C13H19N3/c1-13(2,3)16-11-8-6-5-7-10(11)15-12(16)9-14-4/h5-8,14H,9H2,1-4H3. The molecule has 0 bridgehead atoms. The van der Waals surface area contributed by atoms with E-state index in [1.807, 2.05) is 13.1 Å². The summed E-state index contributed by atoms with van der Waals surface area (Å²) >= 11 is 0. The van der Waals surface area contributed by atoms with Crippen LogP contribution in [0.15, 0.2) is 24.3 Å². The van der Waals surface area contributed by atoms with Crippen molar-refractivity contribution in [3.63, 3.8) is 0 Å². The van der Waals surface area contributed by atoms with Gasteiger partial charge in [-0.2, -0.15) is 0 Å². The van der Waals surface area contributed by atoms with Crippen molar-refractivity contribution in [2.24, 2.45) is 0 Å². The van der Waals surface area contributed by atoms with Crippen LogP contribution in [0.25, 0.3) is 11.0 Å².